The maximum absolute atomic E-state index is 13.0. The van der Waals surface area contributed by atoms with E-state index >= 15 is 0 Å². The zero-order chi connectivity index (χ0) is 14.7. The average molecular weight is 301 g/mol. The number of ether oxygens (including phenoxy) is 1. The second-order valence-electron chi connectivity index (χ2n) is 4.99. The Morgan fingerprint density at radius 1 is 1.55 bits per heavy atom. The van der Waals surface area contributed by atoms with E-state index in [1.807, 2.05) is 0 Å². The van der Waals surface area contributed by atoms with Crippen LogP contribution < -0.4 is 5.73 Å². The van der Waals surface area contributed by atoms with Gasteiger partial charge in [-0.25, -0.2) is 4.39 Å². The lowest BCUT2D eigenvalue weighted by Crippen LogP contribution is -2.36. The van der Waals surface area contributed by atoms with Crippen LogP contribution in [0.25, 0.3) is 0 Å². The Morgan fingerprint density at radius 2 is 2.30 bits per heavy atom. The zero-order valence-electron chi connectivity index (χ0n) is 11.3. The van der Waals surface area contributed by atoms with Crippen LogP contribution in [0.4, 0.5) is 4.39 Å². The number of rotatable bonds is 4. The fourth-order valence-electron chi connectivity index (χ4n) is 2.29. The SMILES string of the molecule is CN(Cc1ccc(F)cc1Cl)C(=O)[C@@H]1CC[C@H](CN)O1. The molecule has 1 fully saturated rings. The summed E-state index contributed by atoms with van der Waals surface area (Å²) in [5.74, 6) is -0.487. The van der Waals surface area contributed by atoms with E-state index in [4.69, 9.17) is 22.1 Å². The molecule has 0 saturated carbocycles. The van der Waals surface area contributed by atoms with Gasteiger partial charge in [-0.3, -0.25) is 4.79 Å². The number of carbonyl (C=O) groups excluding carboxylic acids is 1. The predicted octanol–water partition coefficient (Wildman–Crippen LogP) is 1.94. The molecule has 0 bridgehead atoms. The third kappa shape index (κ3) is 3.48. The van der Waals surface area contributed by atoms with Gasteiger partial charge in [0, 0.05) is 25.2 Å². The monoisotopic (exact) mass is 300 g/mol. The molecule has 1 aliphatic rings. The van der Waals surface area contributed by atoms with E-state index in [9.17, 15) is 9.18 Å². The molecule has 1 aromatic rings. The van der Waals surface area contributed by atoms with E-state index in [0.717, 1.165) is 6.42 Å². The van der Waals surface area contributed by atoms with Crippen LogP contribution in [0.2, 0.25) is 5.02 Å². The molecule has 0 spiro atoms. The first-order chi connectivity index (χ1) is 9.51. The normalized spacial score (nSPS) is 22.0. The first kappa shape index (κ1) is 15.2. The van der Waals surface area contributed by atoms with Crippen molar-refractivity contribution >= 4 is 17.5 Å². The molecule has 0 aromatic heterocycles. The zero-order valence-corrected chi connectivity index (χ0v) is 12.1. The van der Waals surface area contributed by atoms with Crippen LogP contribution in [0.5, 0.6) is 0 Å². The summed E-state index contributed by atoms with van der Waals surface area (Å²) < 4.78 is 18.5. The van der Waals surface area contributed by atoms with Crippen LogP contribution in [0.15, 0.2) is 18.2 Å². The minimum atomic E-state index is -0.437. The maximum atomic E-state index is 13.0. The number of carbonyl (C=O) groups is 1. The number of likely N-dealkylation sites (N-methyl/N-ethyl adjacent to an activating group) is 1. The van der Waals surface area contributed by atoms with Gasteiger partial charge in [0.1, 0.15) is 11.9 Å². The van der Waals surface area contributed by atoms with Crippen molar-refractivity contribution in [3.63, 3.8) is 0 Å². The number of hydrogen-bond acceptors (Lipinski definition) is 3. The lowest BCUT2D eigenvalue weighted by atomic mass is 10.1. The van der Waals surface area contributed by atoms with E-state index < -0.39 is 11.9 Å². The summed E-state index contributed by atoms with van der Waals surface area (Å²) in [7, 11) is 1.68. The molecule has 4 nitrogen and oxygen atoms in total. The summed E-state index contributed by atoms with van der Waals surface area (Å²) in [6.07, 6.45) is 1.01. The molecule has 1 aromatic carbocycles. The van der Waals surface area contributed by atoms with Gasteiger partial charge in [0.2, 0.25) is 0 Å². The van der Waals surface area contributed by atoms with Crippen molar-refractivity contribution < 1.29 is 13.9 Å². The highest BCUT2D eigenvalue weighted by atomic mass is 35.5. The first-order valence-corrected chi connectivity index (χ1v) is 6.93. The Hall–Kier alpha value is -1.17. The highest BCUT2D eigenvalue weighted by molar-refractivity contribution is 6.31. The van der Waals surface area contributed by atoms with Crippen molar-refractivity contribution in [2.45, 2.75) is 31.6 Å². The highest BCUT2D eigenvalue weighted by Crippen LogP contribution is 2.23. The third-order valence-electron chi connectivity index (χ3n) is 3.44. The molecule has 1 saturated heterocycles. The number of amides is 1. The van der Waals surface area contributed by atoms with Gasteiger partial charge in [0.15, 0.2) is 0 Å². The van der Waals surface area contributed by atoms with Crippen LogP contribution in [-0.4, -0.2) is 36.6 Å². The standard InChI is InChI=1S/C14H18ClFN2O2/c1-18(8-9-2-3-10(16)6-12(9)15)14(19)13-5-4-11(7-17)20-13/h2-3,6,11,13H,4-5,7-8,17H2,1H3/t11-,13+/m1/s1. The Balaban J connectivity index is 1.97. The molecule has 2 atom stereocenters. The summed E-state index contributed by atoms with van der Waals surface area (Å²) in [6.45, 7) is 0.752. The van der Waals surface area contributed by atoms with E-state index in [1.54, 1.807) is 18.0 Å². The Morgan fingerprint density at radius 3 is 2.90 bits per heavy atom. The van der Waals surface area contributed by atoms with Gasteiger partial charge in [-0.15, -0.1) is 0 Å². The molecule has 20 heavy (non-hydrogen) atoms. The maximum Gasteiger partial charge on any atom is 0.251 e. The predicted molar refractivity (Wildman–Crippen MR) is 74.8 cm³/mol. The van der Waals surface area contributed by atoms with Crippen molar-refractivity contribution in [2.24, 2.45) is 5.73 Å². The molecule has 1 aliphatic heterocycles. The topological polar surface area (TPSA) is 55.6 Å². The number of nitrogens with zero attached hydrogens (tertiary/aromatic N) is 1. The van der Waals surface area contributed by atoms with Gasteiger partial charge in [0.25, 0.3) is 5.91 Å². The number of nitrogens with two attached hydrogens (primary N) is 1. The molecule has 1 amide bonds. The van der Waals surface area contributed by atoms with Crippen molar-refractivity contribution in [3.8, 4) is 0 Å². The third-order valence-corrected chi connectivity index (χ3v) is 3.80. The fraction of sp³-hybridized carbons (Fsp3) is 0.500. The molecule has 0 radical (unpaired) electrons. The van der Waals surface area contributed by atoms with E-state index in [-0.39, 0.29) is 12.0 Å². The first-order valence-electron chi connectivity index (χ1n) is 6.55. The fourth-order valence-corrected chi connectivity index (χ4v) is 2.52. The lowest BCUT2D eigenvalue weighted by Gasteiger charge is -2.22. The summed E-state index contributed by atoms with van der Waals surface area (Å²) in [5.41, 5.74) is 6.23. The molecule has 2 rings (SSSR count). The summed E-state index contributed by atoms with van der Waals surface area (Å²) in [4.78, 5) is 13.8. The van der Waals surface area contributed by atoms with Crippen molar-refractivity contribution in [1.29, 1.82) is 0 Å². The lowest BCUT2D eigenvalue weighted by molar-refractivity contribution is -0.141. The van der Waals surface area contributed by atoms with Gasteiger partial charge in [0.05, 0.1) is 6.10 Å². The molecular weight excluding hydrogens is 283 g/mol. The minimum Gasteiger partial charge on any atom is -0.364 e. The number of hydrogen-bond donors (Lipinski definition) is 1. The minimum absolute atomic E-state index is 0.0354. The summed E-state index contributed by atoms with van der Waals surface area (Å²) in [5, 5.41) is 0.317. The van der Waals surface area contributed by atoms with Gasteiger partial charge >= 0.3 is 0 Å². The largest absolute Gasteiger partial charge is 0.364 e. The van der Waals surface area contributed by atoms with E-state index in [0.29, 0.717) is 30.1 Å². The van der Waals surface area contributed by atoms with Gasteiger partial charge in [-0.2, -0.15) is 0 Å². The second-order valence-corrected chi connectivity index (χ2v) is 5.40. The highest BCUT2D eigenvalue weighted by Gasteiger charge is 2.31. The molecule has 0 unspecified atom stereocenters. The van der Waals surface area contributed by atoms with Crippen LogP contribution in [0.1, 0.15) is 18.4 Å². The molecular formula is C14H18ClFN2O2. The van der Waals surface area contributed by atoms with Gasteiger partial charge < -0.3 is 15.4 Å². The van der Waals surface area contributed by atoms with Crippen molar-refractivity contribution in [2.75, 3.05) is 13.6 Å². The average Bonchev–Trinajstić information content (AvgIpc) is 2.89. The Labute approximate surface area is 122 Å². The van der Waals surface area contributed by atoms with Gasteiger partial charge in [-0.1, -0.05) is 17.7 Å². The second kappa shape index (κ2) is 6.52. The molecule has 6 heteroatoms. The summed E-state index contributed by atoms with van der Waals surface area (Å²) in [6, 6.07) is 4.15. The van der Waals surface area contributed by atoms with Crippen molar-refractivity contribution in [1.82, 2.24) is 4.90 Å². The smallest absolute Gasteiger partial charge is 0.251 e. The number of benzene rings is 1. The Bertz CT molecular complexity index is 498. The van der Waals surface area contributed by atoms with Crippen LogP contribution in [0, 0.1) is 5.82 Å². The van der Waals surface area contributed by atoms with Crippen molar-refractivity contribution in [3.05, 3.63) is 34.6 Å². The van der Waals surface area contributed by atoms with E-state index in [2.05, 4.69) is 0 Å². The molecule has 2 N–H and O–H groups in total. The molecule has 0 aliphatic carbocycles. The number of halogens is 2. The quantitative estimate of drug-likeness (QED) is 0.924. The van der Waals surface area contributed by atoms with Crippen LogP contribution >= 0.6 is 11.6 Å². The van der Waals surface area contributed by atoms with Gasteiger partial charge in [-0.05, 0) is 30.5 Å². The van der Waals surface area contributed by atoms with Crippen LogP contribution in [-0.2, 0) is 16.1 Å². The summed E-state index contributed by atoms with van der Waals surface area (Å²) >= 11 is 5.96. The molecule has 1 heterocycles. The van der Waals surface area contributed by atoms with Crippen LogP contribution in [0.3, 0.4) is 0 Å². The molecule has 110 valence electrons. The Kier molecular flexibility index (Phi) is 4.96. The van der Waals surface area contributed by atoms with E-state index in [1.165, 1.54) is 12.1 Å².